The highest BCUT2D eigenvalue weighted by atomic mass is 14.2. The van der Waals surface area contributed by atoms with Gasteiger partial charge in [-0.3, -0.25) is 0 Å². The minimum atomic E-state index is 1.23. The number of hydrogen-bond donors (Lipinski definition) is 0. The Morgan fingerprint density at radius 2 is 0.786 bits per heavy atom. The second-order valence-corrected chi connectivity index (χ2v) is 11.4. The first-order valence-corrected chi connectivity index (χ1v) is 14.7. The summed E-state index contributed by atoms with van der Waals surface area (Å²) in [5.74, 6) is 0. The molecule has 0 aromatic heterocycles. The predicted octanol–water partition coefficient (Wildman–Crippen LogP) is 11.9. The van der Waals surface area contributed by atoms with Crippen molar-refractivity contribution in [3.63, 3.8) is 0 Å². The van der Waals surface area contributed by atoms with E-state index in [4.69, 9.17) is 0 Å². The molecule has 8 aromatic rings. The van der Waals surface area contributed by atoms with Gasteiger partial charge in [0.2, 0.25) is 0 Å². The van der Waals surface area contributed by atoms with Crippen LogP contribution in [-0.2, 0) is 0 Å². The number of hydrogen-bond acceptors (Lipinski definition) is 0. The first-order valence-electron chi connectivity index (χ1n) is 14.7. The van der Waals surface area contributed by atoms with Gasteiger partial charge >= 0.3 is 0 Å². The van der Waals surface area contributed by atoms with Gasteiger partial charge in [0.05, 0.1) is 0 Å². The van der Waals surface area contributed by atoms with E-state index in [9.17, 15) is 0 Å². The topological polar surface area (TPSA) is 0 Å². The van der Waals surface area contributed by atoms with E-state index in [1.807, 2.05) is 0 Å². The molecule has 0 amide bonds. The maximum Gasteiger partial charge on any atom is -0.00208 e. The van der Waals surface area contributed by atoms with E-state index < -0.39 is 0 Å². The lowest BCUT2D eigenvalue weighted by Gasteiger charge is -2.21. The predicted molar refractivity (Wildman–Crippen MR) is 182 cm³/mol. The van der Waals surface area contributed by atoms with Crippen LogP contribution < -0.4 is 0 Å². The second kappa shape index (κ2) is 9.72. The first kappa shape index (κ1) is 24.6. The highest BCUT2D eigenvalue weighted by molar-refractivity contribution is 6.22. The van der Waals surface area contributed by atoms with Crippen molar-refractivity contribution in [2.45, 2.75) is 13.8 Å². The third-order valence-electron chi connectivity index (χ3n) is 8.94. The Hall–Kier alpha value is -5.20. The monoisotopic (exact) mass is 534 g/mol. The van der Waals surface area contributed by atoms with Crippen molar-refractivity contribution >= 4 is 43.1 Å². The molecular formula is C42H30. The quantitative estimate of drug-likeness (QED) is 0.198. The summed E-state index contributed by atoms with van der Waals surface area (Å²) in [5, 5.41) is 10.3. The largest absolute Gasteiger partial charge is 0.0616 e. The molecule has 0 aliphatic carbocycles. The highest BCUT2D eigenvalue weighted by Crippen LogP contribution is 2.46. The molecule has 198 valence electrons. The maximum absolute atomic E-state index is 2.35. The van der Waals surface area contributed by atoms with Gasteiger partial charge in [0.1, 0.15) is 0 Å². The second-order valence-electron chi connectivity index (χ2n) is 11.4. The molecule has 0 bridgehead atoms. The average molecular weight is 535 g/mol. The van der Waals surface area contributed by atoms with E-state index in [1.165, 1.54) is 87.6 Å². The Bertz CT molecular complexity index is 2240. The lowest BCUT2D eigenvalue weighted by Crippen LogP contribution is -1.95. The summed E-state index contributed by atoms with van der Waals surface area (Å²) < 4.78 is 0. The molecule has 0 N–H and O–H groups in total. The molecule has 0 radical (unpaired) electrons. The number of fused-ring (bicyclic) bond motifs is 4. The normalized spacial score (nSPS) is 11.6. The summed E-state index contributed by atoms with van der Waals surface area (Å²) in [6, 6.07) is 53.4. The van der Waals surface area contributed by atoms with Gasteiger partial charge in [-0.15, -0.1) is 0 Å². The Balaban J connectivity index is 1.37. The van der Waals surface area contributed by atoms with Gasteiger partial charge in [0.15, 0.2) is 0 Å². The summed E-state index contributed by atoms with van der Waals surface area (Å²) in [7, 11) is 0. The van der Waals surface area contributed by atoms with Crippen LogP contribution in [0.4, 0.5) is 0 Å². The van der Waals surface area contributed by atoms with Gasteiger partial charge < -0.3 is 0 Å². The molecule has 0 heterocycles. The SMILES string of the molecule is Cc1cc2ccccc2c(C)c1-c1c2ccccc2c(-c2ccc(-c3ccc4ccccc4c3)cc2)c2ccccc12. The number of benzene rings is 8. The van der Waals surface area contributed by atoms with Gasteiger partial charge in [-0.1, -0.05) is 140 Å². The molecule has 8 aromatic carbocycles. The molecular weight excluding hydrogens is 504 g/mol. The molecule has 0 aliphatic heterocycles. The number of aryl methyl sites for hydroxylation is 2. The van der Waals surface area contributed by atoms with Crippen LogP contribution in [0.25, 0.3) is 76.5 Å². The fourth-order valence-corrected chi connectivity index (χ4v) is 6.99. The Morgan fingerprint density at radius 1 is 0.310 bits per heavy atom. The molecule has 0 atom stereocenters. The minimum Gasteiger partial charge on any atom is -0.0616 e. The first-order chi connectivity index (χ1) is 20.7. The van der Waals surface area contributed by atoms with Crippen LogP contribution in [-0.4, -0.2) is 0 Å². The molecule has 0 fully saturated rings. The summed E-state index contributed by atoms with van der Waals surface area (Å²) in [4.78, 5) is 0. The molecule has 0 heteroatoms. The Kier molecular flexibility index (Phi) is 5.69. The standard InChI is InChI=1S/C42H30/c1-27-25-34-13-5-6-14-35(34)28(2)40(27)42-38-17-9-7-15-36(38)41(37-16-8-10-18-39(37)42)31-22-19-30(20-23-31)33-24-21-29-11-3-4-12-32(29)26-33/h3-26H,1-2H3. The van der Waals surface area contributed by atoms with Crippen LogP contribution in [0, 0.1) is 13.8 Å². The van der Waals surface area contributed by atoms with Crippen molar-refractivity contribution in [1.82, 2.24) is 0 Å². The van der Waals surface area contributed by atoms with E-state index in [2.05, 4.69) is 159 Å². The fourth-order valence-electron chi connectivity index (χ4n) is 6.99. The zero-order valence-corrected chi connectivity index (χ0v) is 23.9. The summed E-state index contributed by atoms with van der Waals surface area (Å²) in [6.07, 6.45) is 0. The van der Waals surface area contributed by atoms with Gasteiger partial charge in [0.25, 0.3) is 0 Å². The molecule has 0 saturated carbocycles. The van der Waals surface area contributed by atoms with Crippen molar-refractivity contribution in [2.24, 2.45) is 0 Å². The fraction of sp³-hybridized carbons (Fsp3) is 0.0476. The van der Waals surface area contributed by atoms with Crippen molar-refractivity contribution in [1.29, 1.82) is 0 Å². The molecule has 0 unspecified atom stereocenters. The van der Waals surface area contributed by atoms with Gasteiger partial charge in [-0.25, -0.2) is 0 Å². The highest BCUT2D eigenvalue weighted by Gasteiger charge is 2.19. The molecule has 0 aliphatic rings. The summed E-state index contributed by atoms with van der Waals surface area (Å²) in [6.45, 7) is 4.55. The lowest BCUT2D eigenvalue weighted by atomic mass is 9.82. The van der Waals surface area contributed by atoms with Crippen LogP contribution in [0.2, 0.25) is 0 Å². The van der Waals surface area contributed by atoms with Gasteiger partial charge in [0, 0.05) is 0 Å². The lowest BCUT2D eigenvalue weighted by molar-refractivity contribution is 1.43. The van der Waals surface area contributed by atoms with Crippen molar-refractivity contribution in [2.75, 3.05) is 0 Å². The van der Waals surface area contributed by atoms with Gasteiger partial charge in [-0.05, 0) is 108 Å². The molecule has 8 rings (SSSR count). The van der Waals surface area contributed by atoms with Gasteiger partial charge in [-0.2, -0.15) is 0 Å². The van der Waals surface area contributed by atoms with Crippen molar-refractivity contribution in [3.05, 3.63) is 157 Å². The molecule has 0 spiro atoms. The Labute approximate surface area is 246 Å². The van der Waals surface area contributed by atoms with E-state index in [-0.39, 0.29) is 0 Å². The minimum absolute atomic E-state index is 1.23. The van der Waals surface area contributed by atoms with Crippen LogP contribution in [0.3, 0.4) is 0 Å². The van der Waals surface area contributed by atoms with E-state index >= 15 is 0 Å². The Morgan fingerprint density at radius 3 is 1.43 bits per heavy atom. The average Bonchev–Trinajstić information content (AvgIpc) is 3.04. The van der Waals surface area contributed by atoms with Crippen LogP contribution >= 0.6 is 0 Å². The third-order valence-corrected chi connectivity index (χ3v) is 8.94. The van der Waals surface area contributed by atoms with Crippen LogP contribution in [0.1, 0.15) is 11.1 Å². The maximum atomic E-state index is 2.35. The van der Waals surface area contributed by atoms with Crippen molar-refractivity contribution in [3.8, 4) is 33.4 Å². The third kappa shape index (κ3) is 3.84. The van der Waals surface area contributed by atoms with Crippen LogP contribution in [0.15, 0.2) is 146 Å². The smallest absolute Gasteiger partial charge is 0.00208 e. The summed E-state index contributed by atoms with van der Waals surface area (Å²) >= 11 is 0. The van der Waals surface area contributed by atoms with Crippen molar-refractivity contribution < 1.29 is 0 Å². The van der Waals surface area contributed by atoms with E-state index in [1.54, 1.807) is 0 Å². The van der Waals surface area contributed by atoms with E-state index in [0.717, 1.165) is 0 Å². The molecule has 0 saturated heterocycles. The van der Waals surface area contributed by atoms with Crippen LogP contribution in [0.5, 0.6) is 0 Å². The molecule has 42 heavy (non-hydrogen) atoms. The summed E-state index contributed by atoms with van der Waals surface area (Å²) in [5.41, 5.74) is 10.3. The zero-order chi connectivity index (χ0) is 28.2. The zero-order valence-electron chi connectivity index (χ0n) is 23.9. The molecule has 0 nitrogen and oxygen atoms in total. The van der Waals surface area contributed by atoms with E-state index in [0.29, 0.717) is 0 Å². The number of rotatable bonds is 3.